The second-order valence-corrected chi connectivity index (χ2v) is 9.27. The van der Waals surface area contributed by atoms with Gasteiger partial charge in [0.1, 0.15) is 0 Å². The van der Waals surface area contributed by atoms with Gasteiger partial charge in [-0.25, -0.2) is 8.42 Å². The molecule has 5 nitrogen and oxygen atoms in total. The smallest absolute Gasteiger partial charge is 0.243 e. The zero-order chi connectivity index (χ0) is 17.9. The number of fused-ring (bicyclic) bond motifs is 1. The molecule has 0 radical (unpaired) electrons. The molecule has 134 valence electrons. The molecule has 1 N–H and O–H groups in total. The number of nitrogens with one attached hydrogen (secondary N) is 1. The van der Waals surface area contributed by atoms with Crippen LogP contribution < -0.4 is 5.32 Å². The predicted molar refractivity (Wildman–Crippen MR) is 96.4 cm³/mol. The van der Waals surface area contributed by atoms with Crippen molar-refractivity contribution in [1.82, 2.24) is 4.31 Å². The monoisotopic (exact) mass is 352 g/mol. The second kappa shape index (κ2) is 7.66. The highest BCUT2D eigenvalue weighted by Gasteiger charge is 2.27. The Morgan fingerprint density at radius 2 is 1.71 bits per heavy atom. The first kappa shape index (κ1) is 18.9. The van der Waals surface area contributed by atoms with Gasteiger partial charge in [0.05, 0.1) is 4.90 Å². The summed E-state index contributed by atoms with van der Waals surface area (Å²) in [6, 6.07) is 5.05. The molecule has 0 saturated carbocycles. The highest BCUT2D eigenvalue weighted by atomic mass is 32.2. The number of amides is 1. The Morgan fingerprint density at radius 1 is 1.08 bits per heavy atom. The zero-order valence-corrected chi connectivity index (χ0v) is 15.8. The van der Waals surface area contributed by atoms with Crippen molar-refractivity contribution < 1.29 is 13.2 Å². The van der Waals surface area contributed by atoms with Gasteiger partial charge in [-0.1, -0.05) is 27.7 Å². The Morgan fingerprint density at radius 3 is 2.29 bits per heavy atom. The van der Waals surface area contributed by atoms with Crippen LogP contribution in [-0.4, -0.2) is 31.7 Å². The molecular formula is C18H28N2O3S. The van der Waals surface area contributed by atoms with E-state index >= 15 is 0 Å². The first-order valence-corrected chi connectivity index (χ1v) is 10.1. The van der Waals surface area contributed by atoms with Crippen LogP contribution in [0.4, 0.5) is 5.69 Å². The van der Waals surface area contributed by atoms with Crippen molar-refractivity contribution in [2.45, 2.75) is 51.9 Å². The molecule has 0 bridgehead atoms. The van der Waals surface area contributed by atoms with Gasteiger partial charge in [0, 0.05) is 25.2 Å². The third-order valence-electron chi connectivity index (χ3n) is 3.98. The molecule has 0 unspecified atom stereocenters. The molecule has 0 atom stereocenters. The Balaban J connectivity index is 2.37. The number of carbonyl (C=O) groups excluding carboxylic acids is 1. The SMILES string of the molecule is CC(C)CN(CC(C)C)S(=O)(=O)c1ccc2c(c1)CCCC(=O)N2. The van der Waals surface area contributed by atoms with E-state index in [4.69, 9.17) is 0 Å². The average Bonchev–Trinajstić information content (AvgIpc) is 2.65. The minimum Gasteiger partial charge on any atom is -0.326 e. The van der Waals surface area contributed by atoms with Crippen LogP contribution in [0.25, 0.3) is 0 Å². The fourth-order valence-corrected chi connectivity index (χ4v) is 4.76. The Hall–Kier alpha value is -1.40. The minimum absolute atomic E-state index is 0.00870. The molecule has 0 aromatic heterocycles. The number of nitrogens with zero attached hydrogens (tertiary/aromatic N) is 1. The quantitative estimate of drug-likeness (QED) is 0.854. The first-order chi connectivity index (χ1) is 11.2. The second-order valence-electron chi connectivity index (χ2n) is 7.33. The number of benzene rings is 1. The van der Waals surface area contributed by atoms with Crippen LogP contribution in [0.2, 0.25) is 0 Å². The number of anilines is 1. The molecular weight excluding hydrogens is 324 g/mol. The van der Waals surface area contributed by atoms with E-state index in [2.05, 4.69) is 5.32 Å². The summed E-state index contributed by atoms with van der Waals surface area (Å²) >= 11 is 0. The van der Waals surface area contributed by atoms with Gasteiger partial charge in [-0.05, 0) is 48.4 Å². The molecule has 1 amide bonds. The molecule has 1 aromatic carbocycles. The van der Waals surface area contributed by atoms with Crippen LogP contribution >= 0.6 is 0 Å². The fourth-order valence-electron chi connectivity index (χ4n) is 2.95. The fraction of sp³-hybridized carbons (Fsp3) is 0.611. The Kier molecular flexibility index (Phi) is 6.04. The molecule has 1 aliphatic rings. The van der Waals surface area contributed by atoms with Gasteiger partial charge in [-0.3, -0.25) is 4.79 Å². The van der Waals surface area contributed by atoms with Gasteiger partial charge in [-0.15, -0.1) is 0 Å². The average molecular weight is 353 g/mol. The van der Waals surface area contributed by atoms with Gasteiger partial charge in [0.25, 0.3) is 0 Å². The topological polar surface area (TPSA) is 66.5 Å². The van der Waals surface area contributed by atoms with E-state index in [9.17, 15) is 13.2 Å². The summed E-state index contributed by atoms with van der Waals surface area (Å²) in [4.78, 5) is 12.0. The van der Waals surface area contributed by atoms with E-state index in [0.717, 1.165) is 17.7 Å². The lowest BCUT2D eigenvalue weighted by Crippen LogP contribution is -2.37. The van der Waals surface area contributed by atoms with Crippen LogP contribution in [0.1, 0.15) is 46.1 Å². The van der Waals surface area contributed by atoms with E-state index in [1.165, 1.54) is 0 Å². The first-order valence-electron chi connectivity index (χ1n) is 8.63. The molecule has 0 aliphatic carbocycles. The normalized spacial score (nSPS) is 15.5. The van der Waals surface area contributed by atoms with E-state index in [1.54, 1.807) is 22.5 Å². The van der Waals surface area contributed by atoms with Crippen molar-refractivity contribution in [3.63, 3.8) is 0 Å². The van der Waals surface area contributed by atoms with Crippen LogP contribution in [0.5, 0.6) is 0 Å². The highest BCUT2D eigenvalue weighted by Crippen LogP contribution is 2.27. The van der Waals surface area contributed by atoms with E-state index in [1.807, 2.05) is 27.7 Å². The van der Waals surface area contributed by atoms with Gasteiger partial charge in [0.2, 0.25) is 15.9 Å². The number of rotatable bonds is 6. The minimum atomic E-state index is -3.53. The summed E-state index contributed by atoms with van der Waals surface area (Å²) in [5.41, 5.74) is 1.63. The molecule has 1 aliphatic heterocycles. The maximum Gasteiger partial charge on any atom is 0.243 e. The summed E-state index contributed by atoms with van der Waals surface area (Å²) in [5.74, 6) is 0.517. The maximum absolute atomic E-state index is 13.1. The highest BCUT2D eigenvalue weighted by molar-refractivity contribution is 7.89. The van der Waals surface area contributed by atoms with Crippen LogP contribution in [-0.2, 0) is 21.2 Å². The van der Waals surface area contributed by atoms with Crippen molar-refractivity contribution in [2.75, 3.05) is 18.4 Å². The maximum atomic E-state index is 13.1. The van der Waals surface area contributed by atoms with Crippen molar-refractivity contribution >= 4 is 21.6 Å². The third-order valence-corrected chi connectivity index (χ3v) is 5.80. The summed E-state index contributed by atoms with van der Waals surface area (Å²) < 4.78 is 27.7. The van der Waals surface area contributed by atoms with Crippen molar-refractivity contribution in [3.05, 3.63) is 23.8 Å². The molecule has 1 heterocycles. The number of carbonyl (C=O) groups is 1. The van der Waals surface area contributed by atoms with E-state index in [-0.39, 0.29) is 17.7 Å². The van der Waals surface area contributed by atoms with Gasteiger partial charge in [0.15, 0.2) is 0 Å². The molecule has 0 fully saturated rings. The molecule has 24 heavy (non-hydrogen) atoms. The van der Waals surface area contributed by atoms with Gasteiger partial charge < -0.3 is 5.32 Å². The Labute approximate surface area is 145 Å². The molecule has 1 aromatic rings. The van der Waals surface area contributed by atoms with Crippen LogP contribution in [0.15, 0.2) is 23.1 Å². The van der Waals surface area contributed by atoms with Gasteiger partial charge >= 0.3 is 0 Å². The Bertz CT molecular complexity index is 686. The van der Waals surface area contributed by atoms with Crippen molar-refractivity contribution in [1.29, 1.82) is 0 Å². The summed E-state index contributed by atoms with van der Waals surface area (Å²) in [6.45, 7) is 9.11. The number of hydrogen-bond donors (Lipinski definition) is 1. The van der Waals surface area contributed by atoms with E-state index in [0.29, 0.717) is 30.8 Å². The molecule has 0 spiro atoms. The predicted octanol–water partition coefficient (Wildman–Crippen LogP) is 3.26. The molecule has 6 heteroatoms. The van der Waals surface area contributed by atoms with Crippen LogP contribution in [0, 0.1) is 11.8 Å². The number of sulfonamides is 1. The summed E-state index contributed by atoms with van der Waals surface area (Å²) in [6.07, 6.45) is 1.93. The molecule has 2 rings (SSSR count). The number of aryl methyl sites for hydroxylation is 1. The lowest BCUT2D eigenvalue weighted by atomic mass is 10.1. The van der Waals surface area contributed by atoms with Crippen molar-refractivity contribution in [3.8, 4) is 0 Å². The number of hydrogen-bond acceptors (Lipinski definition) is 3. The van der Waals surface area contributed by atoms with E-state index < -0.39 is 10.0 Å². The third kappa shape index (κ3) is 4.57. The van der Waals surface area contributed by atoms with Crippen LogP contribution in [0.3, 0.4) is 0 Å². The summed E-state index contributed by atoms with van der Waals surface area (Å²) in [7, 11) is -3.53. The lowest BCUT2D eigenvalue weighted by Gasteiger charge is -2.26. The standard InChI is InChI=1S/C18H28N2O3S/c1-13(2)11-20(12-14(3)4)24(22,23)16-8-9-17-15(10-16)6-5-7-18(21)19-17/h8-10,13-14H,5-7,11-12H2,1-4H3,(H,19,21). The van der Waals surface area contributed by atoms with Crippen molar-refractivity contribution in [2.24, 2.45) is 11.8 Å². The largest absolute Gasteiger partial charge is 0.326 e. The molecule has 0 saturated heterocycles. The summed E-state index contributed by atoms with van der Waals surface area (Å²) in [5, 5.41) is 2.85. The van der Waals surface area contributed by atoms with Gasteiger partial charge in [-0.2, -0.15) is 4.31 Å². The zero-order valence-electron chi connectivity index (χ0n) is 15.0. The lowest BCUT2D eigenvalue weighted by molar-refractivity contribution is -0.116.